The lowest BCUT2D eigenvalue weighted by atomic mass is 9.75. The zero-order valence-electron chi connectivity index (χ0n) is 18.6. The first-order valence-corrected chi connectivity index (χ1v) is 10.1. The highest BCUT2D eigenvalue weighted by atomic mass is 16.8. The molecule has 1 aliphatic heterocycles. The van der Waals surface area contributed by atoms with Crippen LogP contribution in [-0.4, -0.2) is 42.5 Å². The fourth-order valence-corrected chi connectivity index (χ4v) is 3.63. The van der Waals surface area contributed by atoms with Crippen LogP contribution in [0, 0.1) is 11.8 Å². The second-order valence-electron chi connectivity index (χ2n) is 7.85. The van der Waals surface area contributed by atoms with Crippen molar-refractivity contribution >= 4 is 17.7 Å². The second kappa shape index (κ2) is 12.4. The molecule has 1 saturated heterocycles. The molecule has 0 amide bonds. The van der Waals surface area contributed by atoms with E-state index in [-0.39, 0.29) is 12.2 Å². The van der Waals surface area contributed by atoms with E-state index in [0.717, 1.165) is 5.57 Å². The van der Waals surface area contributed by atoms with E-state index in [4.69, 9.17) is 14.2 Å². The Hall–Kier alpha value is -2.25. The molecule has 0 aliphatic carbocycles. The van der Waals surface area contributed by atoms with Crippen molar-refractivity contribution in [2.45, 2.75) is 72.4 Å². The van der Waals surface area contributed by atoms with Crippen molar-refractivity contribution < 1.29 is 33.7 Å². The van der Waals surface area contributed by atoms with E-state index >= 15 is 0 Å². The molecule has 7 heteroatoms. The normalized spacial score (nSPS) is 24.9. The van der Waals surface area contributed by atoms with Gasteiger partial charge in [-0.25, -0.2) is 0 Å². The van der Waals surface area contributed by atoms with Crippen molar-refractivity contribution in [3.05, 3.63) is 35.5 Å². The molecule has 4 atom stereocenters. The fraction of sp³-hybridized carbons (Fsp3) is 0.609. The van der Waals surface area contributed by atoms with Gasteiger partial charge in [0.1, 0.15) is 5.78 Å². The maximum atomic E-state index is 11.7. The predicted octanol–water partition coefficient (Wildman–Crippen LogP) is 4.18. The Morgan fingerprint density at radius 3 is 2.33 bits per heavy atom. The molecule has 0 saturated carbocycles. The fourth-order valence-electron chi connectivity index (χ4n) is 3.63. The monoisotopic (exact) mass is 422 g/mol. The molecule has 30 heavy (non-hydrogen) atoms. The summed E-state index contributed by atoms with van der Waals surface area (Å²) in [7, 11) is 1.46. The van der Waals surface area contributed by atoms with Crippen LogP contribution in [0.2, 0.25) is 0 Å². The number of methoxy groups -OCH3 is 1. The van der Waals surface area contributed by atoms with Crippen molar-refractivity contribution in [3.8, 4) is 0 Å². The average molecular weight is 423 g/mol. The van der Waals surface area contributed by atoms with Crippen molar-refractivity contribution in [1.29, 1.82) is 0 Å². The van der Waals surface area contributed by atoms with Crippen LogP contribution in [0.4, 0.5) is 0 Å². The molecule has 0 bridgehead atoms. The van der Waals surface area contributed by atoms with Crippen molar-refractivity contribution in [2.24, 2.45) is 11.8 Å². The van der Waals surface area contributed by atoms with Crippen LogP contribution in [0.15, 0.2) is 35.5 Å². The lowest BCUT2D eigenvalue weighted by Gasteiger charge is -2.43. The summed E-state index contributed by atoms with van der Waals surface area (Å²) in [6, 6.07) is 0. The highest BCUT2D eigenvalue weighted by Gasteiger charge is 2.45. The molecule has 0 radical (unpaired) electrons. The van der Waals surface area contributed by atoms with Crippen LogP contribution in [-0.2, 0) is 28.6 Å². The summed E-state index contributed by atoms with van der Waals surface area (Å²) in [4.78, 5) is 34.7. The third kappa shape index (κ3) is 8.24. The minimum atomic E-state index is -1.01. The number of carboxylic acids is 1. The van der Waals surface area contributed by atoms with Gasteiger partial charge in [0.25, 0.3) is 0 Å². The number of Topliss-reactive ketones (excluding diaryl/α,β-unsaturated/α-hetero) is 1. The van der Waals surface area contributed by atoms with E-state index in [2.05, 4.69) is 6.58 Å². The van der Waals surface area contributed by atoms with E-state index in [1.807, 2.05) is 26.0 Å². The van der Waals surface area contributed by atoms with E-state index in [1.54, 1.807) is 0 Å². The Labute approximate surface area is 178 Å². The smallest absolute Gasteiger partial charge is 0.304 e. The molecule has 168 valence electrons. The first kappa shape index (κ1) is 25.8. The van der Waals surface area contributed by atoms with Gasteiger partial charge in [-0.2, -0.15) is 0 Å². The van der Waals surface area contributed by atoms with E-state index in [9.17, 15) is 19.5 Å². The number of carbonyl (C=O) groups excluding carboxylic acids is 2. The van der Waals surface area contributed by atoms with Crippen LogP contribution >= 0.6 is 0 Å². The minimum Gasteiger partial charge on any atom is -0.481 e. The van der Waals surface area contributed by atoms with Gasteiger partial charge >= 0.3 is 11.9 Å². The van der Waals surface area contributed by atoms with Crippen molar-refractivity contribution in [3.63, 3.8) is 0 Å². The number of hydrogen-bond donors (Lipinski definition) is 1. The molecule has 7 nitrogen and oxygen atoms in total. The van der Waals surface area contributed by atoms with Gasteiger partial charge in [-0.1, -0.05) is 29.9 Å². The van der Waals surface area contributed by atoms with E-state index < -0.39 is 36.4 Å². The Morgan fingerprint density at radius 2 is 1.83 bits per heavy atom. The summed E-state index contributed by atoms with van der Waals surface area (Å²) in [5, 5.41) is 9.57. The molecular formula is C23H34O7. The summed E-state index contributed by atoms with van der Waals surface area (Å²) in [6.45, 7) is 10.9. The number of aliphatic carboxylic acids is 1. The number of carbonyl (C=O) groups is 3. The molecule has 1 rings (SSSR count). The van der Waals surface area contributed by atoms with Crippen LogP contribution in [0.25, 0.3) is 0 Å². The van der Waals surface area contributed by atoms with Gasteiger partial charge in [0.15, 0.2) is 6.29 Å². The van der Waals surface area contributed by atoms with Crippen LogP contribution in [0.5, 0.6) is 0 Å². The summed E-state index contributed by atoms with van der Waals surface area (Å²) in [5.74, 6) is -2.51. The largest absolute Gasteiger partial charge is 0.481 e. The zero-order chi connectivity index (χ0) is 22.8. The minimum absolute atomic E-state index is 0.0723. The maximum absolute atomic E-state index is 11.7. The van der Waals surface area contributed by atoms with Crippen LogP contribution < -0.4 is 0 Å². The number of allylic oxidation sites excluding steroid dienone is 3. The number of hydrogen-bond acceptors (Lipinski definition) is 6. The maximum Gasteiger partial charge on any atom is 0.304 e. The Bertz CT molecular complexity index is 700. The number of ether oxygens (including phenoxy) is 3. The lowest BCUT2D eigenvalue weighted by molar-refractivity contribution is -0.257. The Morgan fingerprint density at radius 1 is 1.17 bits per heavy atom. The molecule has 0 aromatic carbocycles. The summed E-state index contributed by atoms with van der Waals surface area (Å²) < 4.78 is 16.8. The topological polar surface area (TPSA) is 99.1 Å². The van der Waals surface area contributed by atoms with E-state index in [0.29, 0.717) is 36.8 Å². The third-order valence-electron chi connectivity index (χ3n) is 4.95. The van der Waals surface area contributed by atoms with Gasteiger partial charge < -0.3 is 24.1 Å². The molecule has 0 aromatic heterocycles. The standard InChI is InChI=1S/C23H34O7/c1-14(2)9-7-12-18-19(13-20(26)27)21(15(3)10-8-11-16(4)24)23(29-17(5)25)30-22(18)28-6/h9,12,19,21-23H,3,7-8,10-11,13H2,1-2,4-6H3,(H,26,27)/t19-,21+,22+,23+/m1/s1. The van der Waals surface area contributed by atoms with E-state index in [1.165, 1.54) is 21.0 Å². The number of rotatable bonds is 11. The van der Waals surface area contributed by atoms with Crippen molar-refractivity contribution in [1.82, 2.24) is 0 Å². The highest BCUT2D eigenvalue weighted by Crippen LogP contribution is 2.43. The second-order valence-corrected chi connectivity index (χ2v) is 7.85. The van der Waals surface area contributed by atoms with Crippen LogP contribution in [0.1, 0.15) is 59.8 Å². The first-order chi connectivity index (χ1) is 14.1. The molecule has 0 aromatic rings. The molecule has 1 heterocycles. The lowest BCUT2D eigenvalue weighted by Crippen LogP contribution is -2.47. The average Bonchev–Trinajstić information content (AvgIpc) is 2.61. The zero-order valence-corrected chi connectivity index (χ0v) is 18.6. The third-order valence-corrected chi connectivity index (χ3v) is 4.95. The van der Waals surface area contributed by atoms with Crippen molar-refractivity contribution in [2.75, 3.05) is 7.11 Å². The molecule has 1 N–H and O–H groups in total. The molecule has 0 unspecified atom stereocenters. The summed E-state index contributed by atoms with van der Waals surface area (Å²) >= 11 is 0. The molecular weight excluding hydrogens is 388 g/mol. The molecule has 0 spiro atoms. The van der Waals surface area contributed by atoms with Gasteiger partial charge in [-0.05, 0) is 45.6 Å². The summed E-state index contributed by atoms with van der Waals surface area (Å²) in [6.07, 6.45) is 3.99. The number of carboxylic acid groups (broad SMARTS) is 1. The first-order valence-electron chi connectivity index (χ1n) is 10.1. The predicted molar refractivity (Wildman–Crippen MR) is 112 cm³/mol. The van der Waals surface area contributed by atoms with Crippen LogP contribution in [0.3, 0.4) is 0 Å². The summed E-state index contributed by atoms with van der Waals surface area (Å²) in [5.41, 5.74) is 2.52. The van der Waals surface area contributed by atoms with Gasteiger partial charge in [0.05, 0.1) is 6.42 Å². The van der Waals surface area contributed by atoms with Gasteiger partial charge in [0, 0.05) is 32.3 Å². The quantitative estimate of drug-likeness (QED) is 0.394. The number of ketones is 1. The van der Waals surface area contributed by atoms with Gasteiger partial charge in [0.2, 0.25) is 6.29 Å². The molecule has 1 aliphatic rings. The highest BCUT2D eigenvalue weighted by molar-refractivity contribution is 5.75. The number of esters is 1. The Kier molecular flexibility index (Phi) is 10.7. The molecule has 1 fully saturated rings. The SMILES string of the molecule is C=C(CCCC(C)=O)[C@@H]1[C@@H](OC(C)=O)O[C@H](OC)C(=CCC=C(C)C)[C@H]1CC(=O)O. The van der Waals surface area contributed by atoms with Gasteiger partial charge in [-0.3, -0.25) is 9.59 Å². The van der Waals surface area contributed by atoms with Gasteiger partial charge in [-0.15, -0.1) is 0 Å². The Balaban J connectivity index is 3.33.